The molecule has 0 unspecified atom stereocenters. The zero-order valence-corrected chi connectivity index (χ0v) is 13.2. The summed E-state index contributed by atoms with van der Waals surface area (Å²) in [5.41, 5.74) is -0.950. The Morgan fingerprint density at radius 3 is 2.55 bits per heavy atom. The van der Waals surface area contributed by atoms with Gasteiger partial charge in [0.15, 0.2) is 0 Å². The second-order valence-corrected chi connectivity index (χ2v) is 5.91. The first-order valence-corrected chi connectivity index (χ1v) is 6.90. The van der Waals surface area contributed by atoms with Crippen LogP contribution in [0.4, 0.5) is 5.69 Å². The van der Waals surface area contributed by atoms with Crippen LogP contribution >= 0.6 is 15.9 Å². The fourth-order valence-electron chi connectivity index (χ4n) is 1.76. The molecule has 6 nitrogen and oxygen atoms in total. The molecule has 0 aliphatic carbocycles. The summed E-state index contributed by atoms with van der Waals surface area (Å²) in [4.78, 5) is 24.1. The van der Waals surface area contributed by atoms with E-state index < -0.39 is 10.5 Å². The number of carbonyl (C=O) groups is 1. The van der Waals surface area contributed by atoms with E-state index in [-0.39, 0.29) is 23.7 Å². The zero-order chi connectivity index (χ0) is 15.5. The van der Waals surface area contributed by atoms with Gasteiger partial charge >= 0.3 is 0 Å². The van der Waals surface area contributed by atoms with Crippen molar-refractivity contribution in [1.82, 2.24) is 4.90 Å². The van der Waals surface area contributed by atoms with Gasteiger partial charge in [0.05, 0.1) is 15.0 Å². The van der Waals surface area contributed by atoms with E-state index in [1.807, 2.05) is 0 Å². The number of hydrogen-bond acceptors (Lipinski definition) is 4. The molecule has 0 heterocycles. The van der Waals surface area contributed by atoms with Crippen molar-refractivity contribution >= 4 is 27.5 Å². The van der Waals surface area contributed by atoms with E-state index in [9.17, 15) is 20.0 Å². The summed E-state index contributed by atoms with van der Waals surface area (Å²) in [5, 5.41) is 20.7. The molecule has 0 saturated carbocycles. The van der Waals surface area contributed by atoms with Crippen molar-refractivity contribution < 1.29 is 14.8 Å². The summed E-state index contributed by atoms with van der Waals surface area (Å²) in [5.74, 6) is -0.342. The molecule has 0 aromatic heterocycles. The third-order valence-corrected chi connectivity index (χ3v) is 3.31. The number of nitrogens with zero attached hydrogens (tertiary/aromatic N) is 2. The second kappa shape index (κ2) is 6.32. The number of carbonyl (C=O) groups excluding carboxylic acids is 1. The second-order valence-electron chi connectivity index (χ2n) is 5.06. The predicted molar refractivity (Wildman–Crippen MR) is 78.7 cm³/mol. The van der Waals surface area contributed by atoms with Crippen molar-refractivity contribution in [1.29, 1.82) is 0 Å². The number of likely N-dealkylation sites (N-methyl/N-ethyl adjacent to an activating group) is 1. The standard InChI is InChI=1S/C13H17BrN2O4/c1-4-15(8-13(2,3)18)12(17)9-5-6-10(14)11(7-9)16(19)20/h5-7,18H,4,8H2,1-3H3. The van der Waals surface area contributed by atoms with E-state index in [0.717, 1.165) is 0 Å². The highest BCUT2D eigenvalue weighted by molar-refractivity contribution is 9.10. The largest absolute Gasteiger partial charge is 0.389 e. The quantitative estimate of drug-likeness (QED) is 0.657. The van der Waals surface area contributed by atoms with Gasteiger partial charge in [-0.3, -0.25) is 14.9 Å². The van der Waals surface area contributed by atoms with Crippen molar-refractivity contribution in [2.45, 2.75) is 26.4 Å². The van der Waals surface area contributed by atoms with Gasteiger partial charge in [0.25, 0.3) is 11.6 Å². The molecule has 7 heteroatoms. The topological polar surface area (TPSA) is 83.7 Å². The lowest BCUT2D eigenvalue weighted by Gasteiger charge is -2.28. The number of amides is 1. The van der Waals surface area contributed by atoms with Gasteiger partial charge in [0.2, 0.25) is 0 Å². The van der Waals surface area contributed by atoms with E-state index in [1.54, 1.807) is 20.8 Å². The molecule has 20 heavy (non-hydrogen) atoms. The zero-order valence-electron chi connectivity index (χ0n) is 11.6. The van der Waals surface area contributed by atoms with Crippen molar-refractivity contribution in [2.75, 3.05) is 13.1 Å². The highest BCUT2D eigenvalue weighted by Gasteiger charge is 2.24. The Morgan fingerprint density at radius 2 is 2.10 bits per heavy atom. The fourth-order valence-corrected chi connectivity index (χ4v) is 2.15. The van der Waals surface area contributed by atoms with Crippen LogP contribution in [0.25, 0.3) is 0 Å². The maximum absolute atomic E-state index is 12.3. The van der Waals surface area contributed by atoms with Crippen LogP contribution < -0.4 is 0 Å². The average Bonchev–Trinajstić information content (AvgIpc) is 2.34. The van der Waals surface area contributed by atoms with E-state index in [1.165, 1.54) is 23.1 Å². The van der Waals surface area contributed by atoms with Crippen LogP contribution in [-0.2, 0) is 0 Å². The first-order valence-electron chi connectivity index (χ1n) is 6.11. The Balaban J connectivity index is 3.07. The molecular weight excluding hydrogens is 328 g/mol. The summed E-state index contributed by atoms with van der Waals surface area (Å²) < 4.78 is 0.324. The summed E-state index contributed by atoms with van der Waals surface area (Å²) in [6.45, 7) is 5.57. The minimum atomic E-state index is -1.02. The highest BCUT2D eigenvalue weighted by atomic mass is 79.9. The number of nitro benzene ring substituents is 1. The first kappa shape index (κ1) is 16.6. The van der Waals surface area contributed by atoms with E-state index in [2.05, 4.69) is 15.9 Å². The van der Waals surface area contributed by atoms with Crippen LogP contribution in [0.1, 0.15) is 31.1 Å². The minimum Gasteiger partial charge on any atom is -0.389 e. The van der Waals surface area contributed by atoms with E-state index in [4.69, 9.17) is 0 Å². The Labute approximate surface area is 125 Å². The number of halogens is 1. The SMILES string of the molecule is CCN(CC(C)(C)O)C(=O)c1ccc(Br)c([N+](=O)[O-])c1. The van der Waals surface area contributed by atoms with Crippen LogP contribution in [0.5, 0.6) is 0 Å². The van der Waals surface area contributed by atoms with Gasteiger partial charge in [-0.05, 0) is 48.8 Å². The van der Waals surface area contributed by atoms with Gasteiger partial charge in [-0.25, -0.2) is 0 Å². The maximum Gasteiger partial charge on any atom is 0.284 e. The normalized spacial score (nSPS) is 11.2. The van der Waals surface area contributed by atoms with Crippen LogP contribution in [0.3, 0.4) is 0 Å². The lowest BCUT2D eigenvalue weighted by atomic mass is 10.1. The summed E-state index contributed by atoms with van der Waals surface area (Å²) >= 11 is 3.08. The van der Waals surface area contributed by atoms with Gasteiger partial charge in [-0.1, -0.05) is 0 Å². The number of aliphatic hydroxyl groups is 1. The molecule has 1 amide bonds. The lowest BCUT2D eigenvalue weighted by molar-refractivity contribution is -0.385. The predicted octanol–water partition coefficient (Wildman–Crippen LogP) is 2.59. The molecule has 1 aromatic carbocycles. The van der Waals surface area contributed by atoms with Crippen LogP contribution in [0.15, 0.2) is 22.7 Å². The molecule has 1 N–H and O–H groups in total. The van der Waals surface area contributed by atoms with Crippen LogP contribution in [0, 0.1) is 10.1 Å². The molecule has 0 bridgehead atoms. The summed E-state index contributed by atoms with van der Waals surface area (Å²) in [6.07, 6.45) is 0. The first-order chi connectivity index (χ1) is 9.15. The van der Waals surface area contributed by atoms with Crippen molar-refractivity contribution in [2.24, 2.45) is 0 Å². The fraction of sp³-hybridized carbons (Fsp3) is 0.462. The number of rotatable bonds is 5. The smallest absolute Gasteiger partial charge is 0.284 e. The molecule has 110 valence electrons. The molecule has 1 aromatic rings. The number of hydrogen-bond donors (Lipinski definition) is 1. The molecule has 1 rings (SSSR count). The minimum absolute atomic E-state index is 0.157. The van der Waals surface area contributed by atoms with Gasteiger partial charge in [0, 0.05) is 24.7 Å². The van der Waals surface area contributed by atoms with Crippen LogP contribution in [-0.4, -0.2) is 39.5 Å². The van der Waals surface area contributed by atoms with Crippen molar-refractivity contribution in [3.05, 3.63) is 38.3 Å². The lowest BCUT2D eigenvalue weighted by Crippen LogP contribution is -2.42. The van der Waals surface area contributed by atoms with Crippen LogP contribution in [0.2, 0.25) is 0 Å². The molecule has 0 atom stereocenters. The molecular formula is C13H17BrN2O4. The van der Waals surface area contributed by atoms with Gasteiger partial charge in [0.1, 0.15) is 0 Å². The molecule has 0 radical (unpaired) electrons. The molecule has 0 spiro atoms. The Hall–Kier alpha value is -1.47. The van der Waals surface area contributed by atoms with Gasteiger partial charge in [-0.15, -0.1) is 0 Å². The summed E-state index contributed by atoms with van der Waals surface area (Å²) in [6, 6.07) is 4.23. The Kier molecular flexibility index (Phi) is 5.24. The summed E-state index contributed by atoms with van der Waals surface area (Å²) in [7, 11) is 0. The number of benzene rings is 1. The average molecular weight is 345 g/mol. The monoisotopic (exact) mass is 344 g/mol. The number of nitro groups is 1. The van der Waals surface area contributed by atoms with Crippen molar-refractivity contribution in [3.8, 4) is 0 Å². The van der Waals surface area contributed by atoms with Gasteiger partial charge < -0.3 is 10.0 Å². The molecule has 0 saturated heterocycles. The molecule has 0 fully saturated rings. The Bertz CT molecular complexity index is 526. The van der Waals surface area contributed by atoms with E-state index in [0.29, 0.717) is 11.0 Å². The molecule has 0 aliphatic rings. The Morgan fingerprint density at radius 1 is 1.50 bits per heavy atom. The maximum atomic E-state index is 12.3. The van der Waals surface area contributed by atoms with Crippen molar-refractivity contribution in [3.63, 3.8) is 0 Å². The van der Waals surface area contributed by atoms with Gasteiger partial charge in [-0.2, -0.15) is 0 Å². The van der Waals surface area contributed by atoms with E-state index >= 15 is 0 Å². The highest BCUT2D eigenvalue weighted by Crippen LogP contribution is 2.26. The third-order valence-electron chi connectivity index (χ3n) is 2.64. The molecule has 0 aliphatic heterocycles. The third kappa shape index (κ3) is 4.28.